The fourth-order valence-corrected chi connectivity index (χ4v) is 1.83. The second-order valence-electron chi connectivity index (χ2n) is 3.75. The Kier molecular flexibility index (Phi) is 4.07. The minimum atomic E-state index is -0.570. The Hall–Kier alpha value is -1.59. The number of carbonyl (C=O) groups is 1. The SMILES string of the molecule is O=C(Nc1ccc(F)c(Cl)c1)c1ccc(F)c(S)c1. The Labute approximate surface area is 118 Å². The van der Waals surface area contributed by atoms with Gasteiger partial charge in [0.15, 0.2) is 0 Å². The van der Waals surface area contributed by atoms with E-state index in [1.165, 1.54) is 24.3 Å². The van der Waals surface area contributed by atoms with Gasteiger partial charge in [-0.3, -0.25) is 4.79 Å². The Morgan fingerprint density at radius 1 is 1.11 bits per heavy atom. The van der Waals surface area contributed by atoms with Crippen LogP contribution in [0.4, 0.5) is 14.5 Å². The molecule has 0 saturated carbocycles. The Bertz CT molecular complexity index is 649. The average Bonchev–Trinajstić information content (AvgIpc) is 2.37. The molecule has 1 amide bonds. The van der Waals surface area contributed by atoms with E-state index in [0.717, 1.165) is 12.1 Å². The summed E-state index contributed by atoms with van der Waals surface area (Å²) in [5, 5.41) is 2.44. The minimum Gasteiger partial charge on any atom is -0.322 e. The van der Waals surface area contributed by atoms with Crippen LogP contribution in [0.25, 0.3) is 0 Å². The number of carbonyl (C=O) groups excluding carboxylic acids is 1. The van der Waals surface area contributed by atoms with Crippen molar-refractivity contribution in [2.24, 2.45) is 0 Å². The van der Waals surface area contributed by atoms with Gasteiger partial charge in [0.1, 0.15) is 11.6 Å². The fourth-order valence-electron chi connectivity index (χ4n) is 1.43. The summed E-state index contributed by atoms with van der Waals surface area (Å²) in [5.74, 6) is -1.54. The monoisotopic (exact) mass is 299 g/mol. The van der Waals surface area contributed by atoms with Gasteiger partial charge in [0, 0.05) is 16.1 Å². The van der Waals surface area contributed by atoms with Gasteiger partial charge in [-0.2, -0.15) is 0 Å². The van der Waals surface area contributed by atoms with E-state index < -0.39 is 17.5 Å². The third-order valence-electron chi connectivity index (χ3n) is 2.39. The molecule has 0 saturated heterocycles. The lowest BCUT2D eigenvalue weighted by Gasteiger charge is -2.06. The molecule has 2 aromatic rings. The van der Waals surface area contributed by atoms with Gasteiger partial charge in [-0.15, -0.1) is 12.6 Å². The smallest absolute Gasteiger partial charge is 0.255 e. The van der Waals surface area contributed by atoms with Crippen molar-refractivity contribution < 1.29 is 13.6 Å². The first-order chi connectivity index (χ1) is 8.97. The summed E-state index contributed by atoms with van der Waals surface area (Å²) >= 11 is 9.49. The molecule has 0 fully saturated rings. The van der Waals surface area contributed by atoms with Crippen molar-refractivity contribution in [1.82, 2.24) is 0 Å². The van der Waals surface area contributed by atoms with E-state index in [4.69, 9.17) is 11.6 Å². The number of hydrogen-bond donors (Lipinski definition) is 2. The maximum Gasteiger partial charge on any atom is 0.255 e. The summed E-state index contributed by atoms with van der Waals surface area (Å²) < 4.78 is 26.0. The lowest BCUT2D eigenvalue weighted by Crippen LogP contribution is -2.12. The van der Waals surface area contributed by atoms with Gasteiger partial charge in [-0.25, -0.2) is 8.78 Å². The van der Waals surface area contributed by atoms with Gasteiger partial charge in [0.05, 0.1) is 5.02 Å². The van der Waals surface area contributed by atoms with E-state index in [-0.39, 0.29) is 15.5 Å². The van der Waals surface area contributed by atoms with Gasteiger partial charge in [-0.05, 0) is 36.4 Å². The highest BCUT2D eigenvalue weighted by molar-refractivity contribution is 7.80. The first kappa shape index (κ1) is 13.8. The molecule has 98 valence electrons. The first-order valence-electron chi connectivity index (χ1n) is 5.22. The molecule has 1 N–H and O–H groups in total. The Morgan fingerprint density at radius 2 is 1.79 bits per heavy atom. The molecular weight excluding hydrogens is 292 g/mol. The van der Waals surface area contributed by atoms with Crippen LogP contribution >= 0.6 is 24.2 Å². The average molecular weight is 300 g/mol. The molecule has 2 nitrogen and oxygen atoms in total. The van der Waals surface area contributed by atoms with Crippen molar-refractivity contribution in [3.8, 4) is 0 Å². The molecule has 0 spiro atoms. The minimum absolute atomic E-state index is 0.0739. The first-order valence-corrected chi connectivity index (χ1v) is 6.05. The molecule has 0 aliphatic heterocycles. The van der Waals surface area contributed by atoms with Gasteiger partial charge < -0.3 is 5.32 Å². The van der Waals surface area contributed by atoms with Crippen molar-refractivity contribution >= 4 is 35.8 Å². The second-order valence-corrected chi connectivity index (χ2v) is 4.64. The summed E-state index contributed by atoms with van der Waals surface area (Å²) in [7, 11) is 0. The molecule has 0 unspecified atom stereocenters. The molecular formula is C13H8ClF2NOS. The van der Waals surface area contributed by atoms with Crippen LogP contribution in [0.5, 0.6) is 0 Å². The van der Waals surface area contributed by atoms with Crippen LogP contribution in [-0.2, 0) is 0 Å². The van der Waals surface area contributed by atoms with Gasteiger partial charge in [0.25, 0.3) is 5.91 Å². The summed E-state index contributed by atoms with van der Waals surface area (Å²) in [6.45, 7) is 0. The summed E-state index contributed by atoms with van der Waals surface area (Å²) in [4.78, 5) is 11.9. The number of hydrogen-bond acceptors (Lipinski definition) is 2. The van der Waals surface area contributed by atoms with E-state index in [1.54, 1.807) is 0 Å². The molecule has 0 bridgehead atoms. The van der Waals surface area contributed by atoms with E-state index in [0.29, 0.717) is 5.69 Å². The van der Waals surface area contributed by atoms with Crippen molar-refractivity contribution in [1.29, 1.82) is 0 Å². The normalized spacial score (nSPS) is 10.3. The number of rotatable bonds is 2. The summed E-state index contributed by atoms with van der Waals surface area (Å²) in [5.41, 5.74) is 0.591. The lowest BCUT2D eigenvalue weighted by molar-refractivity contribution is 0.102. The molecule has 0 aromatic heterocycles. The van der Waals surface area contributed by atoms with Gasteiger partial charge in [0.2, 0.25) is 0 Å². The zero-order valence-electron chi connectivity index (χ0n) is 9.45. The highest BCUT2D eigenvalue weighted by atomic mass is 35.5. The third kappa shape index (κ3) is 3.24. The molecule has 2 rings (SSSR count). The Morgan fingerprint density at radius 3 is 2.42 bits per heavy atom. The van der Waals surface area contributed by atoms with Crippen LogP contribution in [0.1, 0.15) is 10.4 Å². The van der Waals surface area contributed by atoms with Crippen LogP contribution in [0.3, 0.4) is 0 Å². The second kappa shape index (κ2) is 5.59. The Balaban J connectivity index is 2.20. The number of thiol groups is 1. The van der Waals surface area contributed by atoms with Crippen LogP contribution in [0, 0.1) is 11.6 Å². The van der Waals surface area contributed by atoms with Gasteiger partial charge >= 0.3 is 0 Å². The van der Waals surface area contributed by atoms with Crippen molar-refractivity contribution in [2.75, 3.05) is 5.32 Å². The van der Waals surface area contributed by atoms with Crippen molar-refractivity contribution in [3.63, 3.8) is 0 Å². The zero-order valence-corrected chi connectivity index (χ0v) is 11.1. The maximum atomic E-state index is 13.0. The van der Waals surface area contributed by atoms with Crippen molar-refractivity contribution in [2.45, 2.75) is 4.90 Å². The highest BCUT2D eigenvalue weighted by Gasteiger charge is 2.09. The molecule has 19 heavy (non-hydrogen) atoms. The van der Waals surface area contributed by atoms with E-state index >= 15 is 0 Å². The number of benzene rings is 2. The largest absolute Gasteiger partial charge is 0.322 e. The predicted molar refractivity (Wildman–Crippen MR) is 73.0 cm³/mol. The molecule has 0 aliphatic carbocycles. The molecule has 0 aliphatic rings. The fraction of sp³-hybridized carbons (Fsp3) is 0. The predicted octanol–water partition coefficient (Wildman–Crippen LogP) is 4.16. The van der Waals surface area contributed by atoms with Crippen LogP contribution in [0.2, 0.25) is 5.02 Å². The van der Waals surface area contributed by atoms with E-state index in [2.05, 4.69) is 17.9 Å². The lowest BCUT2D eigenvalue weighted by atomic mass is 10.2. The van der Waals surface area contributed by atoms with Crippen LogP contribution in [-0.4, -0.2) is 5.91 Å². The number of anilines is 1. The molecule has 0 heterocycles. The van der Waals surface area contributed by atoms with E-state index in [1.807, 2.05) is 0 Å². The van der Waals surface area contributed by atoms with Crippen LogP contribution in [0.15, 0.2) is 41.3 Å². The highest BCUT2D eigenvalue weighted by Crippen LogP contribution is 2.20. The van der Waals surface area contributed by atoms with E-state index in [9.17, 15) is 13.6 Å². The van der Waals surface area contributed by atoms with Gasteiger partial charge in [-0.1, -0.05) is 11.6 Å². The standard InChI is InChI=1S/C13H8ClF2NOS/c14-9-6-8(2-4-10(9)15)17-13(18)7-1-3-11(16)12(19)5-7/h1-6,19H,(H,17,18). The molecule has 0 radical (unpaired) electrons. The number of amides is 1. The van der Waals surface area contributed by atoms with Crippen molar-refractivity contribution in [3.05, 3.63) is 58.6 Å². The quantitative estimate of drug-likeness (QED) is 0.801. The zero-order chi connectivity index (χ0) is 14.0. The topological polar surface area (TPSA) is 29.1 Å². The maximum absolute atomic E-state index is 13.0. The summed E-state index contributed by atoms with van der Waals surface area (Å²) in [6.07, 6.45) is 0. The molecule has 0 atom stereocenters. The third-order valence-corrected chi connectivity index (χ3v) is 3.02. The number of nitrogens with one attached hydrogen (secondary N) is 1. The summed E-state index contributed by atoms with van der Waals surface area (Å²) in [6, 6.07) is 7.60. The molecule has 6 heteroatoms. The number of halogens is 3. The van der Waals surface area contributed by atoms with Crippen LogP contribution < -0.4 is 5.32 Å². The molecule has 2 aromatic carbocycles.